The van der Waals surface area contributed by atoms with E-state index in [2.05, 4.69) is 10.4 Å². The molecule has 104 valence electrons. The first-order chi connectivity index (χ1) is 9.22. The molecule has 19 heavy (non-hydrogen) atoms. The van der Waals surface area contributed by atoms with Crippen LogP contribution < -0.4 is 5.32 Å². The topological polar surface area (TPSA) is 50.2 Å². The first kappa shape index (κ1) is 12.7. The van der Waals surface area contributed by atoms with Crippen LogP contribution in [0.1, 0.15) is 32.1 Å². The van der Waals surface area contributed by atoms with E-state index in [1.807, 2.05) is 28.9 Å². The second kappa shape index (κ2) is 5.33. The fourth-order valence-electron chi connectivity index (χ4n) is 3.37. The Bertz CT molecular complexity index is 419. The fourth-order valence-corrected chi connectivity index (χ4v) is 3.37. The van der Waals surface area contributed by atoms with Crippen LogP contribution in [0.4, 0.5) is 0 Å². The maximum absolute atomic E-state index is 12.2. The van der Waals surface area contributed by atoms with Gasteiger partial charge in [0.2, 0.25) is 5.91 Å². The van der Waals surface area contributed by atoms with Crippen LogP contribution in [0.25, 0.3) is 0 Å². The molecule has 2 aliphatic rings. The van der Waals surface area contributed by atoms with Crippen molar-refractivity contribution >= 4 is 5.91 Å². The molecule has 0 spiro atoms. The molecule has 1 aromatic rings. The fraction of sp³-hybridized carbons (Fsp3) is 0.714. The molecule has 2 fully saturated rings. The number of fused-ring (bicyclic) bond motifs is 2. The SMILES string of the molecule is CN(C(=O)CCn1cccn1)C1CC2CCC(C1)N2. The number of piperidine rings is 1. The summed E-state index contributed by atoms with van der Waals surface area (Å²) in [5.41, 5.74) is 0. The minimum absolute atomic E-state index is 0.238. The van der Waals surface area contributed by atoms with E-state index in [-0.39, 0.29) is 5.91 Å². The van der Waals surface area contributed by atoms with Gasteiger partial charge >= 0.3 is 0 Å². The van der Waals surface area contributed by atoms with Crippen molar-refractivity contribution < 1.29 is 4.79 Å². The number of carbonyl (C=O) groups is 1. The largest absolute Gasteiger partial charge is 0.343 e. The summed E-state index contributed by atoms with van der Waals surface area (Å²) < 4.78 is 1.82. The van der Waals surface area contributed by atoms with Gasteiger partial charge in [-0.3, -0.25) is 9.48 Å². The lowest BCUT2D eigenvalue weighted by Gasteiger charge is -2.35. The number of amides is 1. The summed E-state index contributed by atoms with van der Waals surface area (Å²) in [5.74, 6) is 0.238. The lowest BCUT2D eigenvalue weighted by molar-refractivity contribution is -0.133. The molecule has 1 N–H and O–H groups in total. The van der Waals surface area contributed by atoms with E-state index in [0.29, 0.717) is 31.1 Å². The molecule has 0 saturated carbocycles. The molecule has 1 aromatic heterocycles. The number of hydrogen-bond donors (Lipinski definition) is 1. The normalized spacial score (nSPS) is 29.4. The number of hydrogen-bond acceptors (Lipinski definition) is 3. The van der Waals surface area contributed by atoms with Gasteiger partial charge in [-0.05, 0) is 31.7 Å². The first-order valence-corrected chi connectivity index (χ1v) is 7.21. The minimum atomic E-state index is 0.238. The van der Waals surface area contributed by atoms with E-state index in [9.17, 15) is 4.79 Å². The summed E-state index contributed by atoms with van der Waals surface area (Å²) in [6.45, 7) is 0.675. The van der Waals surface area contributed by atoms with Crippen molar-refractivity contribution in [1.82, 2.24) is 20.0 Å². The number of carbonyl (C=O) groups excluding carboxylic acids is 1. The van der Waals surface area contributed by atoms with Crippen LogP contribution in [0.15, 0.2) is 18.5 Å². The lowest BCUT2D eigenvalue weighted by Crippen LogP contribution is -2.48. The number of nitrogens with zero attached hydrogens (tertiary/aromatic N) is 3. The maximum Gasteiger partial charge on any atom is 0.224 e. The van der Waals surface area contributed by atoms with Gasteiger partial charge in [0.05, 0.1) is 0 Å². The van der Waals surface area contributed by atoms with Crippen LogP contribution in [0.2, 0.25) is 0 Å². The third-order valence-electron chi connectivity index (χ3n) is 4.50. The third-order valence-corrected chi connectivity index (χ3v) is 4.50. The van der Waals surface area contributed by atoms with Gasteiger partial charge < -0.3 is 10.2 Å². The molecule has 2 bridgehead atoms. The lowest BCUT2D eigenvalue weighted by atomic mass is 9.98. The van der Waals surface area contributed by atoms with Crippen LogP contribution in [0.3, 0.4) is 0 Å². The summed E-state index contributed by atoms with van der Waals surface area (Å²) in [4.78, 5) is 14.2. The molecule has 0 aromatic carbocycles. The molecule has 1 amide bonds. The van der Waals surface area contributed by atoms with Crippen LogP contribution in [0.5, 0.6) is 0 Å². The molecule has 0 aliphatic carbocycles. The molecule has 2 saturated heterocycles. The second-order valence-corrected chi connectivity index (χ2v) is 5.79. The Labute approximate surface area is 114 Å². The first-order valence-electron chi connectivity index (χ1n) is 7.21. The van der Waals surface area contributed by atoms with Crippen LogP contribution in [0, 0.1) is 0 Å². The summed E-state index contributed by atoms with van der Waals surface area (Å²) in [7, 11) is 1.96. The van der Waals surface area contributed by atoms with Gasteiger partial charge in [0.15, 0.2) is 0 Å². The Morgan fingerprint density at radius 1 is 1.42 bits per heavy atom. The quantitative estimate of drug-likeness (QED) is 0.881. The van der Waals surface area contributed by atoms with Gasteiger partial charge in [0.25, 0.3) is 0 Å². The van der Waals surface area contributed by atoms with Crippen LogP contribution >= 0.6 is 0 Å². The highest BCUT2D eigenvalue weighted by molar-refractivity contribution is 5.76. The Morgan fingerprint density at radius 2 is 2.16 bits per heavy atom. The Balaban J connectivity index is 1.51. The molecule has 5 nitrogen and oxygen atoms in total. The molecular formula is C14H22N4O. The van der Waals surface area contributed by atoms with Crippen molar-refractivity contribution in [2.45, 2.75) is 56.8 Å². The van der Waals surface area contributed by atoms with Crippen molar-refractivity contribution in [3.05, 3.63) is 18.5 Å². The zero-order valence-electron chi connectivity index (χ0n) is 11.5. The average molecular weight is 262 g/mol. The number of nitrogens with one attached hydrogen (secondary N) is 1. The van der Waals surface area contributed by atoms with Gasteiger partial charge in [-0.2, -0.15) is 5.10 Å². The smallest absolute Gasteiger partial charge is 0.224 e. The average Bonchev–Trinajstić information content (AvgIpc) is 3.05. The zero-order valence-corrected chi connectivity index (χ0v) is 11.5. The predicted octanol–water partition coefficient (Wildman–Crippen LogP) is 1.01. The van der Waals surface area contributed by atoms with Gasteiger partial charge in [-0.15, -0.1) is 0 Å². The maximum atomic E-state index is 12.2. The van der Waals surface area contributed by atoms with Crippen molar-refractivity contribution in [2.24, 2.45) is 0 Å². The van der Waals surface area contributed by atoms with E-state index in [0.717, 1.165) is 12.8 Å². The summed E-state index contributed by atoms with van der Waals surface area (Å²) in [6.07, 6.45) is 8.96. The standard InChI is InChI=1S/C14H22N4O/c1-17(13-9-11-3-4-12(10-13)16-11)14(19)5-8-18-7-2-6-15-18/h2,6-7,11-13,16H,3-5,8-10H2,1H3. The number of rotatable bonds is 4. The monoisotopic (exact) mass is 262 g/mol. The molecule has 5 heteroatoms. The van der Waals surface area contributed by atoms with Gasteiger partial charge in [0.1, 0.15) is 0 Å². The number of aromatic nitrogens is 2. The van der Waals surface area contributed by atoms with E-state index in [1.165, 1.54) is 12.8 Å². The van der Waals surface area contributed by atoms with Crippen molar-refractivity contribution in [3.8, 4) is 0 Å². The highest BCUT2D eigenvalue weighted by atomic mass is 16.2. The highest BCUT2D eigenvalue weighted by Gasteiger charge is 2.36. The van der Waals surface area contributed by atoms with E-state index in [1.54, 1.807) is 6.20 Å². The molecular weight excluding hydrogens is 240 g/mol. The van der Waals surface area contributed by atoms with Crippen molar-refractivity contribution in [1.29, 1.82) is 0 Å². The third kappa shape index (κ3) is 2.81. The predicted molar refractivity (Wildman–Crippen MR) is 72.6 cm³/mol. The van der Waals surface area contributed by atoms with E-state index < -0.39 is 0 Å². The van der Waals surface area contributed by atoms with Gasteiger partial charge in [-0.25, -0.2) is 0 Å². The molecule has 3 rings (SSSR count). The summed E-state index contributed by atoms with van der Waals surface area (Å²) >= 11 is 0. The van der Waals surface area contributed by atoms with Gasteiger partial charge in [0, 0.05) is 50.5 Å². The van der Waals surface area contributed by atoms with E-state index in [4.69, 9.17) is 0 Å². The molecule has 3 heterocycles. The highest BCUT2D eigenvalue weighted by Crippen LogP contribution is 2.29. The second-order valence-electron chi connectivity index (χ2n) is 5.79. The Kier molecular flexibility index (Phi) is 3.55. The molecule has 2 unspecified atom stereocenters. The van der Waals surface area contributed by atoms with Crippen LogP contribution in [-0.4, -0.2) is 45.8 Å². The van der Waals surface area contributed by atoms with Crippen molar-refractivity contribution in [2.75, 3.05) is 7.05 Å². The Morgan fingerprint density at radius 3 is 2.79 bits per heavy atom. The molecule has 2 aliphatic heterocycles. The van der Waals surface area contributed by atoms with Gasteiger partial charge in [-0.1, -0.05) is 0 Å². The van der Waals surface area contributed by atoms with Crippen molar-refractivity contribution in [3.63, 3.8) is 0 Å². The van der Waals surface area contributed by atoms with Crippen LogP contribution in [-0.2, 0) is 11.3 Å². The summed E-state index contributed by atoms with van der Waals surface area (Å²) in [6, 6.07) is 3.57. The Hall–Kier alpha value is -1.36. The molecule has 2 atom stereocenters. The molecule has 0 radical (unpaired) electrons. The zero-order chi connectivity index (χ0) is 13.2. The minimum Gasteiger partial charge on any atom is -0.343 e. The summed E-state index contributed by atoms with van der Waals surface area (Å²) in [5, 5.41) is 7.75. The number of aryl methyl sites for hydroxylation is 1. The van der Waals surface area contributed by atoms with E-state index >= 15 is 0 Å².